The minimum atomic E-state index is -3.74. The van der Waals surface area contributed by atoms with E-state index in [-0.39, 0.29) is 5.91 Å². The summed E-state index contributed by atoms with van der Waals surface area (Å²) in [6.07, 6.45) is 7.67. The molecule has 1 saturated carbocycles. The predicted octanol–water partition coefficient (Wildman–Crippen LogP) is 4.83. The van der Waals surface area contributed by atoms with Gasteiger partial charge in [-0.15, -0.1) is 0 Å². The van der Waals surface area contributed by atoms with E-state index < -0.39 is 27.0 Å². The van der Waals surface area contributed by atoms with Gasteiger partial charge in [-0.3, -0.25) is 9.59 Å². The minimum Gasteiger partial charge on any atom is -0.326 e. The number of benzene rings is 2. The summed E-state index contributed by atoms with van der Waals surface area (Å²) in [6.45, 7) is 0. The van der Waals surface area contributed by atoms with Crippen molar-refractivity contribution in [3.05, 3.63) is 65.6 Å². The fourth-order valence-electron chi connectivity index (χ4n) is 4.89. The zero-order valence-corrected chi connectivity index (χ0v) is 19.9. The molecule has 2 aliphatic rings. The zero-order chi connectivity index (χ0) is 24.6. The van der Waals surface area contributed by atoms with Crippen LogP contribution in [0.15, 0.2) is 48.5 Å². The highest BCUT2D eigenvalue weighted by atomic mass is 32.2. The van der Waals surface area contributed by atoms with Gasteiger partial charge in [-0.25, -0.2) is 16.8 Å². The number of carbonyl (C=O) groups is 2. The van der Waals surface area contributed by atoms with E-state index in [1.54, 1.807) is 18.2 Å². The summed E-state index contributed by atoms with van der Waals surface area (Å²) in [5.41, 5.74) is 2.87. The highest BCUT2D eigenvalue weighted by Gasteiger charge is 2.31. The van der Waals surface area contributed by atoms with Crippen LogP contribution in [0.2, 0.25) is 0 Å². The topological polar surface area (TPSA) is 97.3 Å². The maximum Gasteiger partial charge on any atom is 0.248 e. The first-order chi connectivity index (χ1) is 16.8. The number of anilines is 2. The third-order valence-electron chi connectivity index (χ3n) is 6.65. The number of fused-ring (bicyclic) bond motifs is 2. The van der Waals surface area contributed by atoms with Gasteiger partial charge in [-0.2, -0.15) is 0 Å². The molecule has 0 saturated heterocycles. The molecule has 0 spiro atoms. The monoisotopic (exact) mass is 495 g/mol. The van der Waals surface area contributed by atoms with Crippen LogP contribution in [0.3, 0.4) is 0 Å². The van der Waals surface area contributed by atoms with Gasteiger partial charge in [-0.1, -0.05) is 25.3 Å². The van der Waals surface area contributed by atoms with Crippen LogP contribution in [-0.2, 0) is 26.0 Å². The third kappa shape index (κ3) is 4.73. The van der Waals surface area contributed by atoms with Crippen molar-refractivity contribution >= 4 is 50.2 Å². The molecule has 7 nitrogen and oxygen atoms in total. The molecule has 1 aliphatic carbocycles. The van der Waals surface area contributed by atoms with Crippen molar-refractivity contribution in [1.82, 2.24) is 3.97 Å². The Bertz CT molecular complexity index is 1450. The number of aryl methyl sites for hydroxylation is 1. The van der Waals surface area contributed by atoms with Gasteiger partial charge in [0.2, 0.25) is 21.8 Å². The second-order valence-electron chi connectivity index (χ2n) is 9.08. The predicted molar refractivity (Wildman–Crippen MR) is 134 cm³/mol. The highest BCUT2D eigenvalue weighted by molar-refractivity contribution is 7.90. The summed E-state index contributed by atoms with van der Waals surface area (Å²) < 4.78 is 42.2. The Labute approximate surface area is 203 Å². The standard InChI is InChI=1S/C26H26FN3O4S/c27-19-8-11-24-18(14-19)15-21(30(24)35(33,34)22-4-2-1-3-5-22)10-13-25(31)28-20-9-6-17-7-12-26(32)29-23(17)16-20/h6,8-11,13-16,22H,1-5,7,12H2,(H,28,31)(H,29,32)/b13-10+. The molecule has 182 valence electrons. The van der Waals surface area contributed by atoms with Crippen LogP contribution in [0.4, 0.5) is 15.8 Å². The Morgan fingerprint density at radius 2 is 1.86 bits per heavy atom. The average molecular weight is 496 g/mol. The SMILES string of the molecule is O=C(/C=C/c1cc2cc(F)ccc2n1S(=O)(=O)C1CCCCC1)Nc1ccc2c(c1)NC(=O)CC2. The summed E-state index contributed by atoms with van der Waals surface area (Å²) in [5.74, 6) is -0.980. The molecule has 1 aliphatic heterocycles. The number of amides is 2. The normalized spacial score (nSPS) is 16.9. The Hall–Kier alpha value is -3.46. The van der Waals surface area contributed by atoms with Crippen molar-refractivity contribution in [2.75, 3.05) is 10.6 Å². The molecule has 9 heteroatoms. The number of hydrogen-bond donors (Lipinski definition) is 2. The van der Waals surface area contributed by atoms with Crippen molar-refractivity contribution in [3.63, 3.8) is 0 Å². The van der Waals surface area contributed by atoms with E-state index in [4.69, 9.17) is 0 Å². The molecule has 3 aromatic rings. The lowest BCUT2D eigenvalue weighted by Crippen LogP contribution is -2.30. The Kier molecular flexibility index (Phi) is 6.19. The first kappa shape index (κ1) is 23.3. The minimum absolute atomic E-state index is 0.0655. The van der Waals surface area contributed by atoms with Gasteiger partial charge in [-0.05, 0) is 67.3 Å². The lowest BCUT2D eigenvalue weighted by Gasteiger charge is -2.23. The van der Waals surface area contributed by atoms with E-state index >= 15 is 0 Å². The van der Waals surface area contributed by atoms with Crippen LogP contribution in [0, 0.1) is 5.82 Å². The number of rotatable bonds is 5. The lowest BCUT2D eigenvalue weighted by atomic mass is 10.0. The maximum absolute atomic E-state index is 13.9. The quantitative estimate of drug-likeness (QED) is 0.496. The molecule has 2 amide bonds. The van der Waals surface area contributed by atoms with Crippen molar-refractivity contribution in [2.24, 2.45) is 0 Å². The molecule has 5 rings (SSSR count). The summed E-state index contributed by atoms with van der Waals surface area (Å²) in [6, 6.07) is 10.9. The van der Waals surface area contributed by atoms with Gasteiger partial charge >= 0.3 is 0 Å². The van der Waals surface area contributed by atoms with E-state index in [1.165, 1.54) is 34.3 Å². The molecule has 0 unspecified atom stereocenters. The van der Waals surface area contributed by atoms with Gasteiger partial charge < -0.3 is 10.6 Å². The molecule has 0 bridgehead atoms. The van der Waals surface area contributed by atoms with Gasteiger partial charge in [0.15, 0.2) is 0 Å². The first-order valence-electron chi connectivity index (χ1n) is 11.8. The molecule has 0 radical (unpaired) electrons. The second kappa shape index (κ2) is 9.30. The van der Waals surface area contributed by atoms with E-state index in [0.29, 0.717) is 53.7 Å². The van der Waals surface area contributed by atoms with Gasteiger partial charge in [0, 0.05) is 29.3 Å². The van der Waals surface area contributed by atoms with E-state index in [2.05, 4.69) is 10.6 Å². The lowest BCUT2D eigenvalue weighted by molar-refractivity contribution is -0.116. The van der Waals surface area contributed by atoms with Crippen molar-refractivity contribution in [1.29, 1.82) is 0 Å². The molecule has 2 aromatic carbocycles. The van der Waals surface area contributed by atoms with Crippen LogP contribution in [0.5, 0.6) is 0 Å². The highest BCUT2D eigenvalue weighted by Crippen LogP contribution is 2.31. The Balaban J connectivity index is 1.44. The van der Waals surface area contributed by atoms with Crippen molar-refractivity contribution in [3.8, 4) is 0 Å². The van der Waals surface area contributed by atoms with Crippen LogP contribution >= 0.6 is 0 Å². The largest absolute Gasteiger partial charge is 0.326 e. The van der Waals surface area contributed by atoms with Crippen molar-refractivity contribution < 1.29 is 22.4 Å². The molecule has 2 heterocycles. The van der Waals surface area contributed by atoms with Gasteiger partial charge in [0.1, 0.15) is 5.82 Å². The third-order valence-corrected chi connectivity index (χ3v) is 8.88. The molecule has 1 fully saturated rings. The van der Waals surface area contributed by atoms with Gasteiger partial charge in [0.05, 0.1) is 16.5 Å². The Morgan fingerprint density at radius 3 is 2.66 bits per heavy atom. The van der Waals surface area contributed by atoms with Crippen LogP contribution in [0.25, 0.3) is 17.0 Å². The first-order valence-corrected chi connectivity index (χ1v) is 13.3. The Morgan fingerprint density at radius 1 is 1.06 bits per heavy atom. The smallest absolute Gasteiger partial charge is 0.248 e. The maximum atomic E-state index is 13.9. The van der Waals surface area contributed by atoms with Gasteiger partial charge in [0.25, 0.3) is 0 Å². The summed E-state index contributed by atoms with van der Waals surface area (Å²) in [4.78, 5) is 24.3. The number of aromatic nitrogens is 1. The summed E-state index contributed by atoms with van der Waals surface area (Å²) in [5, 5.41) is 5.49. The van der Waals surface area contributed by atoms with E-state index in [0.717, 1.165) is 24.8 Å². The number of hydrogen-bond acceptors (Lipinski definition) is 4. The summed E-state index contributed by atoms with van der Waals surface area (Å²) in [7, 11) is -3.74. The second-order valence-corrected chi connectivity index (χ2v) is 11.1. The van der Waals surface area contributed by atoms with Crippen LogP contribution < -0.4 is 10.6 Å². The average Bonchev–Trinajstić information content (AvgIpc) is 3.21. The molecule has 35 heavy (non-hydrogen) atoms. The molecular formula is C26H26FN3O4S. The molecular weight excluding hydrogens is 469 g/mol. The fourth-order valence-corrected chi connectivity index (χ4v) is 6.96. The number of nitrogens with one attached hydrogen (secondary N) is 2. The van der Waals surface area contributed by atoms with Crippen LogP contribution in [-0.4, -0.2) is 29.5 Å². The number of nitrogens with zero attached hydrogens (tertiary/aromatic N) is 1. The number of carbonyl (C=O) groups excluding carboxylic acids is 2. The van der Waals surface area contributed by atoms with Crippen LogP contribution in [0.1, 0.15) is 49.8 Å². The fraction of sp³-hybridized carbons (Fsp3) is 0.308. The van der Waals surface area contributed by atoms with E-state index in [1.807, 2.05) is 6.07 Å². The van der Waals surface area contributed by atoms with Crippen molar-refractivity contribution in [2.45, 2.75) is 50.2 Å². The zero-order valence-electron chi connectivity index (χ0n) is 19.1. The molecule has 0 atom stereocenters. The summed E-state index contributed by atoms with van der Waals surface area (Å²) >= 11 is 0. The molecule has 2 N–H and O–H groups in total. The number of halogens is 1. The van der Waals surface area contributed by atoms with E-state index in [9.17, 15) is 22.4 Å². The molecule has 1 aromatic heterocycles.